The van der Waals surface area contributed by atoms with E-state index in [-0.39, 0.29) is 6.54 Å². The van der Waals surface area contributed by atoms with Crippen molar-refractivity contribution in [3.8, 4) is 0 Å². The van der Waals surface area contributed by atoms with E-state index in [2.05, 4.69) is 19.8 Å². The normalized spacial score (nSPS) is 17.1. The maximum absolute atomic E-state index is 9.67. The summed E-state index contributed by atoms with van der Waals surface area (Å²) in [6, 6.07) is 5.67. The molecule has 22 heavy (non-hydrogen) atoms. The molecule has 1 unspecified atom stereocenters. The van der Waals surface area contributed by atoms with Crippen LogP contribution >= 0.6 is 23.2 Å². The highest BCUT2D eigenvalue weighted by atomic mass is 35.5. The number of hydrogen-bond acceptors (Lipinski definition) is 4. The SMILES string of the molecule is [N-]=[N+]=NCC(O)CCN1CCN(c2cccc(Cl)c2Cl)CC1. The molecule has 0 spiro atoms. The van der Waals surface area contributed by atoms with Crippen LogP contribution in [0.4, 0.5) is 5.69 Å². The van der Waals surface area contributed by atoms with E-state index in [4.69, 9.17) is 28.7 Å². The second kappa shape index (κ2) is 8.46. The van der Waals surface area contributed by atoms with E-state index in [0.717, 1.165) is 38.4 Å². The number of aliphatic hydroxyl groups excluding tert-OH is 1. The standard InChI is InChI=1S/C14H19Cl2N5O/c15-12-2-1-3-13(14(12)16)21-8-6-20(7-9-21)5-4-11(22)10-18-19-17/h1-3,11,22H,4-10H2. The number of halogens is 2. The monoisotopic (exact) mass is 343 g/mol. The topological polar surface area (TPSA) is 75.5 Å². The molecule has 0 aliphatic carbocycles. The van der Waals surface area contributed by atoms with Crippen molar-refractivity contribution in [2.75, 3.05) is 44.2 Å². The molecule has 0 amide bonds. The fourth-order valence-electron chi connectivity index (χ4n) is 2.50. The lowest BCUT2D eigenvalue weighted by Crippen LogP contribution is -2.47. The molecule has 0 bridgehead atoms. The van der Waals surface area contributed by atoms with Gasteiger partial charge in [-0.15, -0.1) is 0 Å². The molecule has 1 aliphatic heterocycles. The van der Waals surface area contributed by atoms with Crippen molar-refractivity contribution in [1.29, 1.82) is 0 Å². The van der Waals surface area contributed by atoms with E-state index in [9.17, 15) is 5.11 Å². The van der Waals surface area contributed by atoms with Gasteiger partial charge in [0.05, 0.1) is 28.4 Å². The van der Waals surface area contributed by atoms with E-state index in [1.165, 1.54) is 0 Å². The number of benzene rings is 1. The van der Waals surface area contributed by atoms with Crippen LogP contribution in [-0.2, 0) is 0 Å². The lowest BCUT2D eigenvalue weighted by Gasteiger charge is -2.36. The zero-order chi connectivity index (χ0) is 15.9. The molecule has 1 aromatic carbocycles. The molecule has 1 fully saturated rings. The average molecular weight is 344 g/mol. The van der Waals surface area contributed by atoms with Crippen molar-refractivity contribution in [3.05, 3.63) is 38.7 Å². The Kier molecular flexibility index (Phi) is 6.61. The third-order valence-electron chi connectivity index (χ3n) is 3.78. The fourth-order valence-corrected chi connectivity index (χ4v) is 2.92. The fraction of sp³-hybridized carbons (Fsp3) is 0.571. The number of anilines is 1. The van der Waals surface area contributed by atoms with E-state index >= 15 is 0 Å². The van der Waals surface area contributed by atoms with Gasteiger partial charge in [0.15, 0.2) is 0 Å². The number of piperazine rings is 1. The van der Waals surface area contributed by atoms with E-state index < -0.39 is 6.10 Å². The molecule has 1 aliphatic rings. The Morgan fingerprint density at radius 1 is 1.27 bits per heavy atom. The van der Waals surface area contributed by atoms with Crippen LogP contribution in [0, 0.1) is 0 Å². The van der Waals surface area contributed by atoms with Crippen LogP contribution < -0.4 is 4.90 Å². The highest BCUT2D eigenvalue weighted by Gasteiger charge is 2.20. The van der Waals surface area contributed by atoms with Crippen LogP contribution in [0.3, 0.4) is 0 Å². The molecule has 1 atom stereocenters. The Bertz CT molecular complexity index is 542. The minimum Gasteiger partial charge on any atom is -0.393 e. The maximum Gasteiger partial charge on any atom is 0.0825 e. The number of rotatable bonds is 6. The number of nitrogens with zero attached hydrogens (tertiary/aromatic N) is 5. The average Bonchev–Trinajstić information content (AvgIpc) is 2.54. The molecular weight excluding hydrogens is 325 g/mol. The van der Waals surface area contributed by atoms with Gasteiger partial charge in [-0.25, -0.2) is 0 Å². The molecule has 0 radical (unpaired) electrons. The van der Waals surface area contributed by atoms with Gasteiger partial charge >= 0.3 is 0 Å². The Labute approximate surface area is 139 Å². The molecule has 1 N–H and O–H groups in total. The Morgan fingerprint density at radius 3 is 2.68 bits per heavy atom. The van der Waals surface area contributed by atoms with Crippen LogP contribution in [0.5, 0.6) is 0 Å². The highest BCUT2D eigenvalue weighted by Crippen LogP contribution is 2.32. The van der Waals surface area contributed by atoms with Gasteiger partial charge in [0.1, 0.15) is 0 Å². The first-order valence-electron chi connectivity index (χ1n) is 7.22. The van der Waals surface area contributed by atoms with Crippen LogP contribution in [0.1, 0.15) is 6.42 Å². The lowest BCUT2D eigenvalue weighted by molar-refractivity contribution is 0.144. The van der Waals surface area contributed by atoms with Gasteiger partial charge < -0.3 is 10.0 Å². The summed E-state index contributed by atoms with van der Waals surface area (Å²) in [7, 11) is 0. The van der Waals surface area contributed by atoms with Crippen molar-refractivity contribution in [2.45, 2.75) is 12.5 Å². The van der Waals surface area contributed by atoms with Gasteiger partial charge in [0.25, 0.3) is 0 Å². The lowest BCUT2D eigenvalue weighted by atomic mass is 10.2. The van der Waals surface area contributed by atoms with Crippen molar-refractivity contribution in [2.24, 2.45) is 5.11 Å². The van der Waals surface area contributed by atoms with Crippen molar-refractivity contribution < 1.29 is 5.11 Å². The molecule has 6 nitrogen and oxygen atoms in total. The van der Waals surface area contributed by atoms with Gasteiger partial charge in [0, 0.05) is 37.6 Å². The Hall–Kier alpha value is -1.17. The van der Waals surface area contributed by atoms with Crippen LogP contribution in [0.25, 0.3) is 10.4 Å². The molecule has 2 rings (SSSR count). The zero-order valence-corrected chi connectivity index (χ0v) is 13.7. The van der Waals surface area contributed by atoms with Crippen molar-refractivity contribution in [3.63, 3.8) is 0 Å². The molecule has 8 heteroatoms. The predicted molar refractivity (Wildman–Crippen MR) is 89.8 cm³/mol. The van der Waals surface area contributed by atoms with Gasteiger partial charge in [0.2, 0.25) is 0 Å². The van der Waals surface area contributed by atoms with Gasteiger partial charge in [-0.1, -0.05) is 34.4 Å². The molecule has 120 valence electrons. The predicted octanol–water partition coefficient (Wildman–Crippen LogP) is 3.18. The second-order valence-corrected chi connectivity index (χ2v) is 6.04. The van der Waals surface area contributed by atoms with E-state index in [1.54, 1.807) is 6.07 Å². The van der Waals surface area contributed by atoms with E-state index in [1.807, 2.05) is 12.1 Å². The third kappa shape index (κ3) is 4.66. The molecule has 0 saturated carbocycles. The summed E-state index contributed by atoms with van der Waals surface area (Å²) in [5.74, 6) is 0. The first kappa shape index (κ1) is 17.2. The van der Waals surface area contributed by atoms with E-state index in [0.29, 0.717) is 16.5 Å². The number of hydrogen-bond donors (Lipinski definition) is 1. The van der Waals surface area contributed by atoms with Gasteiger partial charge in [-0.2, -0.15) is 0 Å². The molecule has 1 aromatic rings. The van der Waals surface area contributed by atoms with Crippen LogP contribution in [-0.4, -0.2) is 55.4 Å². The minimum absolute atomic E-state index is 0.134. The molecule has 1 saturated heterocycles. The summed E-state index contributed by atoms with van der Waals surface area (Å²) in [4.78, 5) is 7.16. The first-order valence-corrected chi connectivity index (χ1v) is 7.97. The Balaban J connectivity index is 1.80. The van der Waals surface area contributed by atoms with Gasteiger partial charge in [-0.3, -0.25) is 4.90 Å². The quantitative estimate of drug-likeness (QED) is 0.489. The summed E-state index contributed by atoms with van der Waals surface area (Å²) < 4.78 is 0. The summed E-state index contributed by atoms with van der Waals surface area (Å²) in [6.45, 7) is 4.46. The molecule has 0 aromatic heterocycles. The second-order valence-electron chi connectivity index (χ2n) is 5.26. The number of azide groups is 1. The summed E-state index contributed by atoms with van der Waals surface area (Å²) in [5, 5.41) is 14.2. The van der Waals surface area contributed by atoms with Crippen molar-refractivity contribution >= 4 is 28.9 Å². The maximum atomic E-state index is 9.67. The number of aliphatic hydroxyl groups is 1. The molecule has 1 heterocycles. The zero-order valence-electron chi connectivity index (χ0n) is 12.2. The minimum atomic E-state index is -0.573. The Morgan fingerprint density at radius 2 is 2.00 bits per heavy atom. The summed E-state index contributed by atoms with van der Waals surface area (Å²) in [6.07, 6.45) is 0.0352. The summed E-state index contributed by atoms with van der Waals surface area (Å²) in [5.41, 5.74) is 9.19. The highest BCUT2D eigenvalue weighted by molar-refractivity contribution is 6.43. The largest absolute Gasteiger partial charge is 0.393 e. The van der Waals surface area contributed by atoms with Gasteiger partial charge in [-0.05, 0) is 24.1 Å². The van der Waals surface area contributed by atoms with Crippen molar-refractivity contribution in [1.82, 2.24) is 4.90 Å². The third-order valence-corrected chi connectivity index (χ3v) is 4.59. The smallest absolute Gasteiger partial charge is 0.0825 e. The first-order chi connectivity index (χ1) is 10.6. The van der Waals surface area contributed by atoms with Crippen LogP contribution in [0.15, 0.2) is 23.3 Å². The molecular formula is C14H19Cl2N5O. The summed E-state index contributed by atoms with van der Waals surface area (Å²) >= 11 is 12.3. The van der Waals surface area contributed by atoms with Crippen LogP contribution in [0.2, 0.25) is 10.0 Å².